The Morgan fingerprint density at radius 1 is 1.39 bits per heavy atom. The number of carboxylic acid groups (broad SMARTS) is 1. The second-order valence-corrected chi connectivity index (χ2v) is 3.42. The van der Waals surface area contributed by atoms with Crippen molar-refractivity contribution >= 4 is 12.0 Å². The minimum absolute atomic E-state index is 0.0863. The Kier molecular flexibility index (Phi) is 4.65. The van der Waals surface area contributed by atoms with Crippen LogP contribution in [0.3, 0.4) is 0 Å². The van der Waals surface area contributed by atoms with Crippen LogP contribution in [0.4, 0.5) is 8.78 Å². The lowest BCUT2D eigenvalue weighted by Crippen LogP contribution is -2.03. The van der Waals surface area contributed by atoms with Crippen molar-refractivity contribution in [3.05, 3.63) is 29.3 Å². The Bertz CT molecular complexity index is 469. The maximum atomic E-state index is 12.2. The summed E-state index contributed by atoms with van der Waals surface area (Å²) in [6.07, 6.45) is 1.35. The summed E-state index contributed by atoms with van der Waals surface area (Å²) < 4.78 is 33.5. The van der Waals surface area contributed by atoms with Crippen molar-refractivity contribution in [2.45, 2.75) is 13.5 Å². The van der Waals surface area contributed by atoms with Crippen LogP contribution in [0.1, 0.15) is 12.5 Å². The normalized spacial score (nSPS) is 11.5. The number of carbonyl (C=O) groups is 1. The van der Waals surface area contributed by atoms with E-state index in [-0.39, 0.29) is 17.1 Å². The zero-order valence-electron chi connectivity index (χ0n) is 9.81. The molecule has 0 aliphatic carbocycles. The Balaban J connectivity index is 3.10. The first-order valence-corrected chi connectivity index (χ1v) is 4.98. The Hall–Kier alpha value is -2.11. The molecule has 0 radical (unpaired) electrons. The van der Waals surface area contributed by atoms with Gasteiger partial charge in [0.05, 0.1) is 7.11 Å². The number of alkyl halides is 2. The number of methoxy groups -OCH3 is 1. The van der Waals surface area contributed by atoms with Crippen molar-refractivity contribution < 1.29 is 28.2 Å². The van der Waals surface area contributed by atoms with Crippen molar-refractivity contribution in [2.75, 3.05) is 7.11 Å². The molecule has 0 heterocycles. The van der Waals surface area contributed by atoms with E-state index in [0.29, 0.717) is 5.56 Å². The van der Waals surface area contributed by atoms with E-state index in [2.05, 4.69) is 4.74 Å². The van der Waals surface area contributed by atoms with E-state index in [1.54, 1.807) is 6.07 Å². The first-order chi connectivity index (χ1) is 8.43. The quantitative estimate of drug-likeness (QED) is 0.825. The van der Waals surface area contributed by atoms with Crippen molar-refractivity contribution in [1.82, 2.24) is 0 Å². The standard InChI is InChI=1S/C12H12F2O4/c1-7(11(15)16)5-8-3-4-9(17-2)10(6-8)18-12(13)14/h3-6,12H,1-2H3,(H,15,16). The molecular formula is C12H12F2O4. The summed E-state index contributed by atoms with van der Waals surface area (Å²) in [5, 5.41) is 8.71. The Morgan fingerprint density at radius 3 is 2.56 bits per heavy atom. The van der Waals surface area contributed by atoms with Crippen molar-refractivity contribution in [1.29, 1.82) is 0 Å². The number of ether oxygens (including phenoxy) is 2. The zero-order chi connectivity index (χ0) is 13.7. The second-order valence-electron chi connectivity index (χ2n) is 3.42. The van der Waals surface area contributed by atoms with Crippen LogP contribution in [-0.4, -0.2) is 24.8 Å². The highest BCUT2D eigenvalue weighted by atomic mass is 19.3. The molecule has 0 saturated carbocycles. The molecule has 1 N–H and O–H groups in total. The van der Waals surface area contributed by atoms with Crippen LogP contribution in [0.15, 0.2) is 23.8 Å². The van der Waals surface area contributed by atoms with Gasteiger partial charge in [-0.25, -0.2) is 4.79 Å². The van der Waals surface area contributed by atoms with E-state index in [0.717, 1.165) is 0 Å². The maximum Gasteiger partial charge on any atom is 0.387 e. The third kappa shape index (κ3) is 3.73. The van der Waals surface area contributed by atoms with Gasteiger partial charge in [-0.15, -0.1) is 0 Å². The molecule has 0 atom stereocenters. The minimum Gasteiger partial charge on any atom is -0.493 e. The molecule has 18 heavy (non-hydrogen) atoms. The second kappa shape index (κ2) is 6.00. The number of aliphatic carboxylic acids is 1. The number of hydrogen-bond acceptors (Lipinski definition) is 3. The first kappa shape index (κ1) is 14.0. The molecule has 1 aromatic carbocycles. The number of halogens is 2. The highest BCUT2D eigenvalue weighted by Crippen LogP contribution is 2.30. The maximum absolute atomic E-state index is 12.2. The van der Waals surface area contributed by atoms with E-state index >= 15 is 0 Å². The third-order valence-corrected chi connectivity index (χ3v) is 2.12. The van der Waals surface area contributed by atoms with Gasteiger partial charge in [-0.2, -0.15) is 8.78 Å². The fourth-order valence-corrected chi connectivity index (χ4v) is 1.28. The topological polar surface area (TPSA) is 55.8 Å². The van der Waals surface area contributed by atoms with E-state index < -0.39 is 12.6 Å². The molecule has 0 saturated heterocycles. The summed E-state index contributed by atoms with van der Waals surface area (Å²) in [6.45, 7) is -1.57. The van der Waals surface area contributed by atoms with Crippen LogP contribution in [0.25, 0.3) is 6.08 Å². The molecule has 0 aliphatic heterocycles. The molecule has 0 aliphatic rings. The van der Waals surface area contributed by atoms with Crippen LogP contribution >= 0.6 is 0 Å². The van der Waals surface area contributed by atoms with Gasteiger partial charge in [0.2, 0.25) is 0 Å². The molecule has 0 spiro atoms. The summed E-state index contributed by atoms with van der Waals surface area (Å²) in [6, 6.07) is 4.26. The van der Waals surface area contributed by atoms with Crippen LogP contribution in [-0.2, 0) is 4.79 Å². The molecule has 0 amide bonds. The predicted molar refractivity (Wildman–Crippen MR) is 60.9 cm³/mol. The van der Waals surface area contributed by atoms with Gasteiger partial charge in [0, 0.05) is 5.57 Å². The average molecular weight is 258 g/mol. The van der Waals surface area contributed by atoms with Crippen LogP contribution in [0.2, 0.25) is 0 Å². The van der Waals surface area contributed by atoms with E-state index in [1.807, 2.05) is 0 Å². The monoisotopic (exact) mass is 258 g/mol. The molecule has 1 rings (SSSR count). The molecule has 6 heteroatoms. The van der Waals surface area contributed by atoms with Crippen molar-refractivity contribution in [2.24, 2.45) is 0 Å². The van der Waals surface area contributed by atoms with Gasteiger partial charge in [-0.3, -0.25) is 0 Å². The highest BCUT2D eigenvalue weighted by Gasteiger charge is 2.11. The lowest BCUT2D eigenvalue weighted by Gasteiger charge is -2.10. The predicted octanol–water partition coefficient (Wildman–Crippen LogP) is 2.78. The van der Waals surface area contributed by atoms with Gasteiger partial charge in [-0.1, -0.05) is 6.07 Å². The number of hydrogen-bond donors (Lipinski definition) is 1. The smallest absolute Gasteiger partial charge is 0.387 e. The van der Waals surface area contributed by atoms with Gasteiger partial charge in [0.1, 0.15) is 0 Å². The van der Waals surface area contributed by atoms with Gasteiger partial charge in [-0.05, 0) is 30.7 Å². The number of carboxylic acids is 1. The molecular weight excluding hydrogens is 246 g/mol. The van der Waals surface area contributed by atoms with E-state index in [4.69, 9.17) is 9.84 Å². The molecule has 98 valence electrons. The lowest BCUT2D eigenvalue weighted by molar-refractivity contribution is -0.132. The summed E-state index contributed by atoms with van der Waals surface area (Å²) in [5.41, 5.74) is 0.523. The largest absolute Gasteiger partial charge is 0.493 e. The minimum atomic E-state index is -2.97. The number of benzene rings is 1. The van der Waals surface area contributed by atoms with Gasteiger partial charge < -0.3 is 14.6 Å². The number of rotatable bonds is 5. The highest BCUT2D eigenvalue weighted by molar-refractivity contribution is 5.91. The molecule has 0 bridgehead atoms. The van der Waals surface area contributed by atoms with Gasteiger partial charge >= 0.3 is 12.6 Å². The lowest BCUT2D eigenvalue weighted by atomic mass is 10.1. The fourth-order valence-electron chi connectivity index (χ4n) is 1.28. The summed E-state index contributed by atoms with van der Waals surface area (Å²) in [4.78, 5) is 10.6. The Labute approximate surface area is 102 Å². The van der Waals surface area contributed by atoms with E-state index in [9.17, 15) is 13.6 Å². The fraction of sp³-hybridized carbons (Fsp3) is 0.250. The first-order valence-electron chi connectivity index (χ1n) is 4.98. The molecule has 1 aromatic rings. The SMILES string of the molecule is COc1ccc(C=C(C)C(=O)O)cc1OC(F)F. The van der Waals surface area contributed by atoms with Crippen molar-refractivity contribution in [3.63, 3.8) is 0 Å². The van der Waals surface area contributed by atoms with Gasteiger partial charge in [0.25, 0.3) is 0 Å². The van der Waals surface area contributed by atoms with Crippen molar-refractivity contribution in [3.8, 4) is 11.5 Å². The van der Waals surface area contributed by atoms with Gasteiger partial charge in [0.15, 0.2) is 11.5 Å². The zero-order valence-corrected chi connectivity index (χ0v) is 9.81. The molecule has 4 nitrogen and oxygen atoms in total. The molecule has 0 aromatic heterocycles. The average Bonchev–Trinajstić information content (AvgIpc) is 2.28. The van der Waals surface area contributed by atoms with E-state index in [1.165, 1.54) is 32.2 Å². The van der Waals surface area contributed by atoms with Crippen LogP contribution in [0, 0.1) is 0 Å². The summed E-state index contributed by atoms with van der Waals surface area (Å²) in [5.74, 6) is -1.07. The molecule has 0 fully saturated rings. The summed E-state index contributed by atoms with van der Waals surface area (Å²) >= 11 is 0. The third-order valence-electron chi connectivity index (χ3n) is 2.12. The summed E-state index contributed by atoms with van der Waals surface area (Å²) in [7, 11) is 1.33. The van der Waals surface area contributed by atoms with Crippen LogP contribution < -0.4 is 9.47 Å². The molecule has 0 unspecified atom stereocenters. The van der Waals surface area contributed by atoms with Crippen LogP contribution in [0.5, 0.6) is 11.5 Å². The Morgan fingerprint density at radius 2 is 2.06 bits per heavy atom.